The molecule has 0 saturated carbocycles. The minimum Gasteiger partial charge on any atom is -0.457 e. The van der Waals surface area contributed by atoms with Crippen molar-refractivity contribution in [2.75, 3.05) is 6.61 Å². The quantitative estimate of drug-likeness (QED) is 0.433. The Hall–Kier alpha value is -0.960. The Morgan fingerprint density at radius 3 is 2.00 bits per heavy atom. The van der Waals surface area contributed by atoms with Crippen LogP contribution in [0.15, 0.2) is 12.2 Å². The maximum Gasteiger partial charge on any atom is 0.397 e. The second kappa shape index (κ2) is 9.06. The minimum atomic E-state index is -4.17. The maximum atomic E-state index is 11.2. The largest absolute Gasteiger partial charge is 0.457 e. The molecule has 8 heteroatoms. The fourth-order valence-corrected chi connectivity index (χ4v) is 1.44. The van der Waals surface area contributed by atoms with Crippen LogP contribution in [0.2, 0.25) is 0 Å². The summed E-state index contributed by atoms with van der Waals surface area (Å²) in [5, 5.41) is 0. The van der Waals surface area contributed by atoms with Gasteiger partial charge in [0.15, 0.2) is 0 Å². The van der Waals surface area contributed by atoms with E-state index in [0.29, 0.717) is 12.0 Å². The zero-order valence-corrected chi connectivity index (χ0v) is 13.5. The van der Waals surface area contributed by atoms with E-state index in [0.717, 1.165) is 0 Å². The van der Waals surface area contributed by atoms with E-state index in [2.05, 4.69) is 10.8 Å². The van der Waals surface area contributed by atoms with Crippen molar-refractivity contribution in [2.45, 2.75) is 52.7 Å². The number of ether oxygens (including phenoxy) is 1. The molecule has 0 heterocycles. The molecular formula is C12H25NO6S. The number of hydrogen-bond donors (Lipinski definition) is 2. The lowest BCUT2D eigenvalue weighted by atomic mass is 9.96. The topological polar surface area (TPSA) is 116 Å². The molecule has 0 aromatic rings. The van der Waals surface area contributed by atoms with Gasteiger partial charge in [0.05, 0.1) is 6.61 Å². The molecule has 0 aliphatic carbocycles. The van der Waals surface area contributed by atoms with E-state index < -0.39 is 15.9 Å². The van der Waals surface area contributed by atoms with Crippen LogP contribution in [0.1, 0.15) is 41.0 Å². The molecule has 3 N–H and O–H groups in total. The first kappa shape index (κ1) is 21.3. The van der Waals surface area contributed by atoms with Crippen LogP contribution in [0, 0.1) is 0 Å². The Morgan fingerprint density at radius 1 is 1.40 bits per heavy atom. The Labute approximate surface area is 121 Å². The highest BCUT2D eigenvalue weighted by Crippen LogP contribution is 2.14. The maximum absolute atomic E-state index is 11.2. The van der Waals surface area contributed by atoms with Crippen LogP contribution >= 0.6 is 0 Å². The molecule has 120 valence electrons. The molecule has 0 fully saturated rings. The Bertz CT molecular complexity index is 410. The van der Waals surface area contributed by atoms with Crippen molar-refractivity contribution in [2.24, 2.45) is 5.73 Å². The predicted molar refractivity (Wildman–Crippen MR) is 76.4 cm³/mol. The molecule has 0 saturated heterocycles. The van der Waals surface area contributed by atoms with Gasteiger partial charge in [-0.1, -0.05) is 13.5 Å². The zero-order valence-electron chi connectivity index (χ0n) is 12.7. The van der Waals surface area contributed by atoms with Gasteiger partial charge in [-0.3, -0.25) is 4.55 Å². The summed E-state index contributed by atoms with van der Waals surface area (Å²) < 4.78 is 35.8. The normalized spacial score (nSPS) is 12.9. The lowest BCUT2D eigenvalue weighted by Gasteiger charge is -2.29. The second-order valence-corrected chi connectivity index (χ2v) is 5.83. The summed E-state index contributed by atoms with van der Waals surface area (Å²) >= 11 is 0. The minimum absolute atomic E-state index is 0.0289. The molecule has 0 aromatic heterocycles. The van der Waals surface area contributed by atoms with Crippen LogP contribution in [0.5, 0.6) is 0 Å². The zero-order chi connectivity index (χ0) is 16.6. The summed E-state index contributed by atoms with van der Waals surface area (Å²) in [5.41, 5.74) is 5.74. The van der Waals surface area contributed by atoms with E-state index in [1.807, 2.05) is 20.8 Å². The van der Waals surface area contributed by atoms with Crippen molar-refractivity contribution in [1.29, 1.82) is 0 Å². The summed E-state index contributed by atoms with van der Waals surface area (Å²) in [4.78, 5) is 11.2. The fourth-order valence-electron chi connectivity index (χ4n) is 1.14. The van der Waals surface area contributed by atoms with Gasteiger partial charge in [0, 0.05) is 11.1 Å². The van der Waals surface area contributed by atoms with Crippen LogP contribution < -0.4 is 5.73 Å². The summed E-state index contributed by atoms with van der Waals surface area (Å²) in [6, 6.07) is 0. The van der Waals surface area contributed by atoms with E-state index in [1.165, 1.54) is 6.92 Å². The third-order valence-electron chi connectivity index (χ3n) is 2.07. The Kier molecular flexibility index (Phi) is 9.67. The molecule has 0 amide bonds. The molecule has 0 radical (unpaired) electrons. The third-order valence-corrected chi connectivity index (χ3v) is 2.60. The van der Waals surface area contributed by atoms with Gasteiger partial charge in [-0.25, -0.2) is 8.98 Å². The number of carbonyl (C=O) groups is 1. The first-order valence-electron chi connectivity index (χ1n) is 6.12. The van der Waals surface area contributed by atoms with E-state index in [1.54, 1.807) is 6.92 Å². The highest BCUT2D eigenvalue weighted by Gasteiger charge is 2.27. The first-order chi connectivity index (χ1) is 8.85. The average molecular weight is 311 g/mol. The summed E-state index contributed by atoms with van der Waals surface area (Å²) in [7, 11) is -4.17. The smallest absolute Gasteiger partial charge is 0.397 e. The Morgan fingerprint density at radius 2 is 1.85 bits per heavy atom. The van der Waals surface area contributed by atoms with E-state index >= 15 is 0 Å². The number of hydrogen-bond acceptors (Lipinski definition) is 6. The van der Waals surface area contributed by atoms with Gasteiger partial charge in [0.25, 0.3) is 0 Å². The van der Waals surface area contributed by atoms with Crippen molar-refractivity contribution in [3.8, 4) is 0 Å². The lowest BCUT2D eigenvalue weighted by molar-refractivity contribution is -0.147. The molecule has 1 unspecified atom stereocenters. The van der Waals surface area contributed by atoms with Gasteiger partial charge < -0.3 is 10.5 Å². The standard InChI is InChI=1S/C10H19NO2.C2H6O4S/c1-6-8(10(4,5)11)13-9(12)7(2)3;1-2-6-7(3,4)5/h8H,2,6,11H2,1,3-5H3;2H2,1H3,(H,3,4,5). The number of carbonyl (C=O) groups excluding carboxylic acids is 1. The molecule has 0 bridgehead atoms. The Balaban J connectivity index is 0. The van der Waals surface area contributed by atoms with Crippen molar-refractivity contribution in [3.05, 3.63) is 12.2 Å². The highest BCUT2D eigenvalue weighted by molar-refractivity contribution is 7.80. The van der Waals surface area contributed by atoms with E-state index in [9.17, 15) is 13.2 Å². The molecule has 1 atom stereocenters. The van der Waals surface area contributed by atoms with Gasteiger partial charge in [-0.15, -0.1) is 0 Å². The van der Waals surface area contributed by atoms with Crippen LogP contribution in [0.25, 0.3) is 0 Å². The van der Waals surface area contributed by atoms with Gasteiger partial charge in [-0.05, 0) is 34.1 Å². The molecule has 7 nitrogen and oxygen atoms in total. The molecular weight excluding hydrogens is 286 g/mol. The van der Waals surface area contributed by atoms with Crippen molar-refractivity contribution in [1.82, 2.24) is 0 Å². The van der Waals surface area contributed by atoms with Gasteiger partial charge in [-0.2, -0.15) is 8.42 Å². The molecule has 0 rings (SSSR count). The van der Waals surface area contributed by atoms with Gasteiger partial charge >= 0.3 is 16.4 Å². The van der Waals surface area contributed by atoms with Crippen molar-refractivity contribution >= 4 is 16.4 Å². The molecule has 20 heavy (non-hydrogen) atoms. The van der Waals surface area contributed by atoms with E-state index in [-0.39, 0.29) is 18.7 Å². The monoisotopic (exact) mass is 311 g/mol. The first-order valence-corrected chi connectivity index (χ1v) is 7.48. The van der Waals surface area contributed by atoms with E-state index in [4.69, 9.17) is 15.0 Å². The SMILES string of the molecule is C=C(C)C(=O)OC(CC)C(C)(C)N.CCOS(=O)(=O)O. The molecule has 0 aromatic carbocycles. The van der Waals surface area contributed by atoms with Crippen LogP contribution in [-0.2, 0) is 24.1 Å². The number of nitrogens with two attached hydrogens (primary N) is 1. The molecule has 0 aliphatic rings. The number of rotatable bonds is 6. The predicted octanol–water partition coefficient (Wildman–Crippen LogP) is 1.45. The number of esters is 1. The molecule has 0 aliphatic heterocycles. The summed E-state index contributed by atoms with van der Waals surface area (Å²) in [5.74, 6) is -0.370. The highest BCUT2D eigenvalue weighted by atomic mass is 32.3. The van der Waals surface area contributed by atoms with Crippen molar-refractivity contribution in [3.63, 3.8) is 0 Å². The summed E-state index contributed by atoms with van der Waals surface area (Å²) in [6.07, 6.45) is 0.458. The fraction of sp³-hybridized carbons (Fsp3) is 0.750. The second-order valence-electron chi connectivity index (χ2n) is 4.74. The average Bonchev–Trinajstić information content (AvgIpc) is 2.22. The van der Waals surface area contributed by atoms with Crippen LogP contribution in [0.4, 0.5) is 0 Å². The van der Waals surface area contributed by atoms with Gasteiger partial charge in [0.1, 0.15) is 6.10 Å². The molecule has 0 spiro atoms. The van der Waals surface area contributed by atoms with Crippen LogP contribution in [0.3, 0.4) is 0 Å². The third kappa shape index (κ3) is 12.1. The van der Waals surface area contributed by atoms with Crippen LogP contribution in [-0.4, -0.2) is 37.2 Å². The van der Waals surface area contributed by atoms with Gasteiger partial charge in [0.2, 0.25) is 0 Å². The summed E-state index contributed by atoms with van der Waals surface area (Å²) in [6.45, 7) is 12.2. The van der Waals surface area contributed by atoms with Crippen molar-refractivity contribution < 1.29 is 26.7 Å². The lowest BCUT2D eigenvalue weighted by Crippen LogP contribution is -2.47.